The summed E-state index contributed by atoms with van der Waals surface area (Å²) in [6.07, 6.45) is -2.61. The largest absolute Gasteiger partial charge is 0.417 e. The van der Waals surface area contributed by atoms with E-state index in [0.29, 0.717) is 6.07 Å². The predicted molar refractivity (Wildman–Crippen MR) is 80.8 cm³/mol. The maximum Gasteiger partial charge on any atom is 0.417 e. The van der Waals surface area contributed by atoms with E-state index in [0.717, 1.165) is 18.5 Å². The van der Waals surface area contributed by atoms with E-state index in [1.54, 1.807) is 13.8 Å². The minimum atomic E-state index is -4.71. The smallest absolute Gasteiger partial charge is 0.326 e. The summed E-state index contributed by atoms with van der Waals surface area (Å²) < 4.78 is 53.1. The summed E-state index contributed by atoms with van der Waals surface area (Å²) in [6.45, 7) is 3.14. The van der Waals surface area contributed by atoms with Gasteiger partial charge in [0.05, 0.1) is 41.5 Å². The summed E-state index contributed by atoms with van der Waals surface area (Å²) in [5.41, 5.74) is -2.81. The molecule has 0 spiro atoms. The van der Waals surface area contributed by atoms with Crippen LogP contribution >= 0.6 is 0 Å². The maximum atomic E-state index is 13.0. The molecule has 0 aliphatic carbocycles. The van der Waals surface area contributed by atoms with Crippen LogP contribution in [0.3, 0.4) is 0 Å². The van der Waals surface area contributed by atoms with Gasteiger partial charge in [-0.2, -0.15) is 23.5 Å². The van der Waals surface area contributed by atoms with Gasteiger partial charge in [0.15, 0.2) is 5.82 Å². The van der Waals surface area contributed by atoms with E-state index in [4.69, 9.17) is 5.26 Å². The van der Waals surface area contributed by atoms with Crippen molar-refractivity contribution in [2.24, 2.45) is 5.41 Å². The Morgan fingerprint density at radius 2 is 2.04 bits per heavy atom. The number of nitrogens with zero attached hydrogens (tertiary/aromatic N) is 3. The number of nitrogens with one attached hydrogen (secondary N) is 1. The molecular weight excluding hydrogens is 340 g/mol. The monoisotopic (exact) mass is 354 g/mol. The lowest BCUT2D eigenvalue weighted by Crippen LogP contribution is -2.35. The Bertz CT molecular complexity index is 833. The summed E-state index contributed by atoms with van der Waals surface area (Å²) >= 11 is 0. The quantitative estimate of drug-likeness (QED) is 0.853. The van der Waals surface area contributed by atoms with Gasteiger partial charge in [-0.25, -0.2) is 4.39 Å². The molecule has 2 aromatic rings. The number of anilines is 1. The zero-order valence-electron chi connectivity index (χ0n) is 13.4. The molecule has 1 aromatic heterocycles. The second-order valence-electron chi connectivity index (χ2n) is 6.06. The molecule has 5 nitrogen and oxygen atoms in total. The van der Waals surface area contributed by atoms with Crippen LogP contribution in [0.5, 0.6) is 0 Å². The minimum absolute atomic E-state index is 0.0329. The van der Waals surface area contributed by atoms with Gasteiger partial charge in [0.2, 0.25) is 5.91 Å². The first-order valence-corrected chi connectivity index (χ1v) is 7.14. The number of aromatic nitrogens is 2. The van der Waals surface area contributed by atoms with Crippen LogP contribution in [0.4, 0.5) is 23.2 Å². The van der Waals surface area contributed by atoms with E-state index in [1.165, 1.54) is 16.8 Å². The first-order chi connectivity index (χ1) is 11.5. The first-order valence-electron chi connectivity index (χ1n) is 7.14. The third-order valence-electron chi connectivity index (χ3n) is 3.48. The van der Waals surface area contributed by atoms with Crippen molar-refractivity contribution in [3.05, 3.63) is 47.5 Å². The number of amides is 1. The van der Waals surface area contributed by atoms with E-state index in [1.807, 2.05) is 0 Å². The number of hydrogen-bond acceptors (Lipinski definition) is 3. The van der Waals surface area contributed by atoms with Crippen LogP contribution in [0, 0.1) is 22.6 Å². The van der Waals surface area contributed by atoms with Crippen molar-refractivity contribution in [2.45, 2.75) is 26.6 Å². The van der Waals surface area contributed by atoms with Crippen LogP contribution in [0.2, 0.25) is 0 Å². The third kappa shape index (κ3) is 4.35. The summed E-state index contributed by atoms with van der Waals surface area (Å²) in [5, 5.41) is 14.9. The summed E-state index contributed by atoms with van der Waals surface area (Å²) in [7, 11) is 0. The molecule has 25 heavy (non-hydrogen) atoms. The average Bonchev–Trinajstić information content (AvgIpc) is 2.90. The van der Waals surface area contributed by atoms with E-state index in [9.17, 15) is 22.4 Å². The number of hydrogen-bond donors (Lipinski definition) is 1. The van der Waals surface area contributed by atoms with Gasteiger partial charge in [0, 0.05) is 5.69 Å². The lowest BCUT2D eigenvalue weighted by Gasteiger charge is -2.23. The molecule has 0 saturated heterocycles. The molecule has 0 bridgehead atoms. The lowest BCUT2D eigenvalue weighted by molar-refractivity contribution is -0.137. The molecule has 1 N–H and O–H groups in total. The molecule has 9 heteroatoms. The Labute approximate surface area is 140 Å². The number of rotatable bonds is 4. The molecule has 0 aliphatic heterocycles. The second kappa shape index (κ2) is 6.55. The van der Waals surface area contributed by atoms with E-state index < -0.39 is 34.4 Å². The van der Waals surface area contributed by atoms with Crippen molar-refractivity contribution >= 4 is 11.6 Å². The van der Waals surface area contributed by atoms with Crippen LogP contribution in [0.25, 0.3) is 0 Å². The molecule has 0 fully saturated rings. The molecule has 1 heterocycles. The fraction of sp³-hybridized carbons (Fsp3) is 0.312. The Morgan fingerprint density at radius 3 is 2.56 bits per heavy atom. The zero-order valence-corrected chi connectivity index (χ0v) is 13.4. The Kier molecular flexibility index (Phi) is 4.83. The van der Waals surface area contributed by atoms with Gasteiger partial charge >= 0.3 is 6.18 Å². The SMILES string of the molecule is CC(C)(Cn1cc(F)cn1)C(=O)Nc1ccc(C#N)c(C(F)(F)F)c1. The molecule has 1 amide bonds. The standard InChI is InChI=1S/C16H14F4N4O/c1-15(2,9-24-8-11(17)7-22-24)14(25)23-12-4-3-10(6-21)13(5-12)16(18,19)20/h3-5,7-8H,9H2,1-2H3,(H,23,25). The van der Waals surface area contributed by atoms with Crippen molar-refractivity contribution in [1.82, 2.24) is 9.78 Å². The summed E-state index contributed by atoms with van der Waals surface area (Å²) in [6, 6.07) is 4.39. The van der Waals surface area contributed by atoms with Crippen LogP contribution in [0.1, 0.15) is 25.0 Å². The second-order valence-corrected chi connectivity index (χ2v) is 6.06. The number of nitriles is 1. The highest BCUT2D eigenvalue weighted by molar-refractivity contribution is 5.94. The third-order valence-corrected chi connectivity index (χ3v) is 3.48. The van der Waals surface area contributed by atoms with Crippen LogP contribution in [-0.4, -0.2) is 15.7 Å². The van der Waals surface area contributed by atoms with E-state index >= 15 is 0 Å². The van der Waals surface area contributed by atoms with E-state index in [2.05, 4.69) is 10.4 Å². The number of carbonyl (C=O) groups excluding carboxylic acids is 1. The van der Waals surface area contributed by atoms with Gasteiger partial charge in [0.25, 0.3) is 0 Å². The molecule has 0 saturated carbocycles. The Hall–Kier alpha value is -2.89. The van der Waals surface area contributed by atoms with Gasteiger partial charge in [-0.15, -0.1) is 0 Å². The van der Waals surface area contributed by atoms with Crippen LogP contribution in [0.15, 0.2) is 30.6 Å². The van der Waals surface area contributed by atoms with Crippen molar-refractivity contribution < 1.29 is 22.4 Å². The molecule has 0 unspecified atom stereocenters. The highest BCUT2D eigenvalue weighted by Crippen LogP contribution is 2.34. The topological polar surface area (TPSA) is 70.7 Å². The van der Waals surface area contributed by atoms with Crippen LogP contribution < -0.4 is 5.32 Å². The number of alkyl halides is 3. The van der Waals surface area contributed by atoms with E-state index in [-0.39, 0.29) is 12.2 Å². The number of halogens is 4. The van der Waals surface area contributed by atoms with Gasteiger partial charge in [-0.05, 0) is 32.0 Å². The molecule has 0 aliphatic rings. The number of benzene rings is 1. The minimum Gasteiger partial charge on any atom is -0.326 e. The zero-order chi connectivity index (χ0) is 18.8. The molecule has 132 valence electrons. The van der Waals surface area contributed by atoms with Gasteiger partial charge in [-0.1, -0.05) is 0 Å². The summed E-state index contributed by atoms with van der Waals surface area (Å²) in [4.78, 5) is 12.4. The molecule has 1 aromatic carbocycles. The predicted octanol–water partition coefficient (Wildman–Crippen LogP) is 3.58. The lowest BCUT2D eigenvalue weighted by atomic mass is 9.92. The Balaban J connectivity index is 2.21. The van der Waals surface area contributed by atoms with Gasteiger partial charge in [0.1, 0.15) is 0 Å². The Morgan fingerprint density at radius 1 is 1.36 bits per heavy atom. The van der Waals surface area contributed by atoms with Crippen molar-refractivity contribution in [3.8, 4) is 6.07 Å². The van der Waals surface area contributed by atoms with Crippen molar-refractivity contribution in [3.63, 3.8) is 0 Å². The highest BCUT2D eigenvalue weighted by Gasteiger charge is 2.34. The first kappa shape index (κ1) is 18.4. The molecular formula is C16H14F4N4O. The fourth-order valence-corrected chi connectivity index (χ4v) is 2.16. The van der Waals surface area contributed by atoms with Crippen molar-refractivity contribution in [2.75, 3.05) is 5.32 Å². The summed E-state index contributed by atoms with van der Waals surface area (Å²) in [5.74, 6) is -1.13. The highest BCUT2D eigenvalue weighted by atomic mass is 19.4. The fourth-order valence-electron chi connectivity index (χ4n) is 2.16. The van der Waals surface area contributed by atoms with Gasteiger partial charge < -0.3 is 5.32 Å². The average molecular weight is 354 g/mol. The molecule has 0 atom stereocenters. The normalized spacial score (nSPS) is 11.9. The van der Waals surface area contributed by atoms with Gasteiger partial charge in [-0.3, -0.25) is 9.48 Å². The van der Waals surface area contributed by atoms with Crippen LogP contribution in [-0.2, 0) is 17.5 Å². The van der Waals surface area contributed by atoms with Crippen molar-refractivity contribution in [1.29, 1.82) is 5.26 Å². The molecule has 2 rings (SSSR count). The maximum absolute atomic E-state index is 13.0. The number of carbonyl (C=O) groups is 1. The molecule has 0 radical (unpaired) electrons.